The molecule has 0 aromatic carbocycles. The van der Waals surface area contributed by atoms with Gasteiger partial charge in [0.1, 0.15) is 5.15 Å². The van der Waals surface area contributed by atoms with Crippen LogP contribution in [0.4, 0.5) is 0 Å². The fourth-order valence-electron chi connectivity index (χ4n) is 1.88. The van der Waals surface area contributed by atoms with Gasteiger partial charge in [-0.05, 0) is 31.7 Å². The molecule has 4 heteroatoms. The Bertz CT molecular complexity index is 346. The maximum atomic E-state index is 5.74. The molecule has 0 radical (unpaired) electrons. The third-order valence-electron chi connectivity index (χ3n) is 3.10. The second kappa shape index (κ2) is 5.78. The first-order valence-corrected chi connectivity index (χ1v) is 6.73. The highest BCUT2D eigenvalue weighted by Gasteiger charge is 2.28. The molecule has 1 fully saturated rings. The summed E-state index contributed by atoms with van der Waals surface area (Å²) in [5.74, 6) is 0.757. The molecular formula is C13H20ClN3. The van der Waals surface area contributed by atoms with E-state index in [9.17, 15) is 0 Å². The van der Waals surface area contributed by atoms with Crippen LogP contribution < -0.4 is 0 Å². The van der Waals surface area contributed by atoms with Gasteiger partial charge in [-0.25, -0.2) is 4.98 Å². The average Bonchev–Trinajstić information content (AvgIpc) is 3.10. The zero-order valence-corrected chi connectivity index (χ0v) is 11.3. The highest BCUT2D eigenvalue weighted by Crippen LogP contribution is 2.28. The molecule has 94 valence electrons. The number of rotatable bonds is 6. The lowest BCUT2D eigenvalue weighted by atomic mass is 10.1. The van der Waals surface area contributed by atoms with Gasteiger partial charge < -0.3 is 0 Å². The van der Waals surface area contributed by atoms with Crippen molar-refractivity contribution in [3.05, 3.63) is 23.2 Å². The van der Waals surface area contributed by atoms with Crippen LogP contribution in [0.3, 0.4) is 0 Å². The Labute approximate surface area is 108 Å². The van der Waals surface area contributed by atoms with Crippen LogP contribution in [0.1, 0.15) is 38.8 Å². The van der Waals surface area contributed by atoms with Gasteiger partial charge in [-0.3, -0.25) is 9.88 Å². The highest BCUT2D eigenvalue weighted by atomic mass is 35.5. The van der Waals surface area contributed by atoms with E-state index in [1.807, 2.05) is 0 Å². The van der Waals surface area contributed by atoms with Crippen LogP contribution in [0.25, 0.3) is 0 Å². The van der Waals surface area contributed by atoms with Crippen molar-refractivity contribution in [3.8, 4) is 0 Å². The van der Waals surface area contributed by atoms with E-state index in [-0.39, 0.29) is 0 Å². The van der Waals surface area contributed by atoms with Crippen molar-refractivity contribution in [2.45, 2.75) is 45.7 Å². The Morgan fingerprint density at radius 1 is 1.35 bits per heavy atom. The van der Waals surface area contributed by atoms with E-state index in [2.05, 4.69) is 28.7 Å². The maximum absolute atomic E-state index is 5.74. The van der Waals surface area contributed by atoms with Crippen molar-refractivity contribution in [2.24, 2.45) is 5.92 Å². The standard InChI is InChI=1S/C13H20ClN3/c1-10(2)5-6-17(12-3-4-12)9-11-7-16-13(14)8-15-11/h7-8,10,12H,3-6,9H2,1-2H3. The highest BCUT2D eigenvalue weighted by molar-refractivity contribution is 6.29. The van der Waals surface area contributed by atoms with Crippen LogP contribution in [-0.4, -0.2) is 27.5 Å². The van der Waals surface area contributed by atoms with Crippen LogP contribution >= 0.6 is 11.6 Å². The molecule has 1 heterocycles. The van der Waals surface area contributed by atoms with Gasteiger partial charge in [-0.1, -0.05) is 25.4 Å². The fraction of sp³-hybridized carbons (Fsp3) is 0.692. The molecule has 0 bridgehead atoms. The van der Waals surface area contributed by atoms with E-state index in [0.717, 1.165) is 30.7 Å². The van der Waals surface area contributed by atoms with E-state index in [1.165, 1.54) is 19.3 Å². The van der Waals surface area contributed by atoms with Crippen LogP contribution in [0, 0.1) is 5.92 Å². The predicted octanol–water partition coefficient (Wildman–Crippen LogP) is 3.14. The Balaban J connectivity index is 1.90. The minimum Gasteiger partial charge on any atom is -0.294 e. The predicted molar refractivity (Wildman–Crippen MR) is 69.9 cm³/mol. The summed E-state index contributed by atoms with van der Waals surface area (Å²) in [6.45, 7) is 6.61. The molecule has 1 aliphatic rings. The van der Waals surface area contributed by atoms with Crippen molar-refractivity contribution < 1.29 is 0 Å². The molecule has 1 aliphatic carbocycles. The molecule has 0 spiro atoms. The Hall–Kier alpha value is -0.670. The Kier molecular flexibility index (Phi) is 4.35. The summed E-state index contributed by atoms with van der Waals surface area (Å²) in [6.07, 6.45) is 7.33. The molecule has 1 saturated carbocycles. The van der Waals surface area contributed by atoms with Crippen molar-refractivity contribution in [1.82, 2.24) is 14.9 Å². The summed E-state index contributed by atoms with van der Waals surface area (Å²) in [5, 5.41) is 0.467. The molecule has 0 amide bonds. The second-order valence-electron chi connectivity index (χ2n) is 5.21. The van der Waals surface area contributed by atoms with Crippen LogP contribution in [0.2, 0.25) is 5.15 Å². The zero-order chi connectivity index (χ0) is 12.3. The van der Waals surface area contributed by atoms with Crippen LogP contribution in [-0.2, 0) is 6.54 Å². The number of halogens is 1. The van der Waals surface area contributed by atoms with Gasteiger partial charge in [0, 0.05) is 12.6 Å². The van der Waals surface area contributed by atoms with E-state index in [0.29, 0.717) is 5.15 Å². The van der Waals surface area contributed by atoms with Gasteiger partial charge in [-0.15, -0.1) is 0 Å². The monoisotopic (exact) mass is 253 g/mol. The first-order chi connectivity index (χ1) is 8.15. The third kappa shape index (κ3) is 4.25. The Morgan fingerprint density at radius 3 is 2.65 bits per heavy atom. The third-order valence-corrected chi connectivity index (χ3v) is 3.29. The molecule has 1 aromatic rings. The van der Waals surface area contributed by atoms with Crippen molar-refractivity contribution in [2.75, 3.05) is 6.54 Å². The van der Waals surface area contributed by atoms with Crippen LogP contribution in [0.15, 0.2) is 12.4 Å². The lowest BCUT2D eigenvalue weighted by molar-refractivity contribution is 0.236. The summed E-state index contributed by atoms with van der Waals surface area (Å²) in [5.41, 5.74) is 1.02. The summed E-state index contributed by atoms with van der Waals surface area (Å²) in [6, 6.07) is 0.770. The van der Waals surface area contributed by atoms with E-state index >= 15 is 0 Å². The lowest BCUT2D eigenvalue weighted by Crippen LogP contribution is -2.28. The van der Waals surface area contributed by atoms with Crippen molar-refractivity contribution in [3.63, 3.8) is 0 Å². The molecule has 1 aromatic heterocycles. The summed E-state index contributed by atoms with van der Waals surface area (Å²) in [4.78, 5) is 10.9. The quantitative estimate of drug-likeness (QED) is 0.780. The summed E-state index contributed by atoms with van der Waals surface area (Å²) >= 11 is 5.74. The number of hydrogen-bond acceptors (Lipinski definition) is 3. The number of aromatic nitrogens is 2. The number of nitrogens with zero attached hydrogens (tertiary/aromatic N) is 3. The normalized spacial score (nSPS) is 15.8. The molecule has 0 saturated heterocycles. The number of hydrogen-bond donors (Lipinski definition) is 0. The van der Waals surface area contributed by atoms with Gasteiger partial charge in [0.2, 0.25) is 0 Å². The topological polar surface area (TPSA) is 29.0 Å². The molecule has 0 N–H and O–H groups in total. The SMILES string of the molecule is CC(C)CCN(Cc1cnc(Cl)cn1)C1CC1. The molecule has 0 unspecified atom stereocenters. The fourth-order valence-corrected chi connectivity index (χ4v) is 1.98. The molecule has 0 aliphatic heterocycles. The first kappa shape index (κ1) is 12.8. The van der Waals surface area contributed by atoms with E-state index in [4.69, 9.17) is 11.6 Å². The molecule has 17 heavy (non-hydrogen) atoms. The van der Waals surface area contributed by atoms with Gasteiger partial charge in [0.15, 0.2) is 0 Å². The van der Waals surface area contributed by atoms with E-state index in [1.54, 1.807) is 12.4 Å². The molecular weight excluding hydrogens is 234 g/mol. The summed E-state index contributed by atoms with van der Waals surface area (Å²) in [7, 11) is 0. The van der Waals surface area contributed by atoms with Crippen LogP contribution in [0.5, 0.6) is 0 Å². The second-order valence-corrected chi connectivity index (χ2v) is 5.60. The van der Waals surface area contributed by atoms with Crippen molar-refractivity contribution in [1.29, 1.82) is 0 Å². The maximum Gasteiger partial charge on any atom is 0.147 e. The molecule has 0 atom stereocenters. The largest absolute Gasteiger partial charge is 0.294 e. The Morgan fingerprint density at radius 2 is 2.12 bits per heavy atom. The summed E-state index contributed by atoms with van der Waals surface area (Å²) < 4.78 is 0. The van der Waals surface area contributed by atoms with E-state index < -0.39 is 0 Å². The van der Waals surface area contributed by atoms with Gasteiger partial charge in [0.05, 0.1) is 18.1 Å². The van der Waals surface area contributed by atoms with Gasteiger partial charge >= 0.3 is 0 Å². The molecule has 3 nitrogen and oxygen atoms in total. The molecule has 2 rings (SSSR count). The zero-order valence-electron chi connectivity index (χ0n) is 10.6. The minimum absolute atomic E-state index is 0.467. The minimum atomic E-state index is 0.467. The van der Waals surface area contributed by atoms with Gasteiger partial charge in [0.25, 0.3) is 0 Å². The van der Waals surface area contributed by atoms with Crippen molar-refractivity contribution >= 4 is 11.6 Å². The van der Waals surface area contributed by atoms with Gasteiger partial charge in [-0.2, -0.15) is 0 Å². The lowest BCUT2D eigenvalue weighted by Gasteiger charge is -2.22. The first-order valence-electron chi connectivity index (χ1n) is 6.35. The average molecular weight is 254 g/mol. The smallest absolute Gasteiger partial charge is 0.147 e.